The fourth-order valence-corrected chi connectivity index (χ4v) is 1.52. The van der Waals surface area contributed by atoms with E-state index in [1.54, 1.807) is 31.2 Å². The molecule has 0 bridgehead atoms. The average Bonchev–Trinajstić information content (AvgIpc) is 2.78. The maximum Gasteiger partial charge on any atom is 0.295 e. The molecule has 0 aliphatic carbocycles. The number of benzene rings is 1. The summed E-state index contributed by atoms with van der Waals surface area (Å²) in [5.41, 5.74) is 0.670. The number of nitrogens with zero attached hydrogens (tertiary/aromatic N) is 2. The van der Waals surface area contributed by atoms with Gasteiger partial charge in [-0.15, -0.1) is 5.10 Å². The maximum atomic E-state index is 11.8. The highest BCUT2D eigenvalue weighted by Crippen LogP contribution is 2.17. The average molecular weight is 260 g/mol. The van der Waals surface area contributed by atoms with Gasteiger partial charge < -0.3 is 10.1 Å². The number of carbonyl (C=O) groups is 1. The summed E-state index contributed by atoms with van der Waals surface area (Å²) >= 11 is 0. The molecule has 1 aromatic carbocycles. The lowest BCUT2D eigenvalue weighted by Crippen LogP contribution is -2.13. The molecule has 0 spiro atoms. The van der Waals surface area contributed by atoms with Crippen molar-refractivity contribution in [1.82, 2.24) is 15.2 Å². The Morgan fingerprint density at radius 1 is 1.32 bits per heavy atom. The number of H-pyrrole nitrogens is 1. The van der Waals surface area contributed by atoms with Crippen LogP contribution in [0.15, 0.2) is 24.3 Å². The first-order chi connectivity index (χ1) is 9.04. The number of rotatable bonds is 4. The summed E-state index contributed by atoms with van der Waals surface area (Å²) in [5.74, 6) is 1.15. The Hall–Kier alpha value is -2.37. The number of hydrogen-bond acceptors (Lipinski definition) is 4. The lowest BCUT2D eigenvalue weighted by atomic mass is 10.3. The molecule has 0 aliphatic heterocycles. The smallest absolute Gasteiger partial charge is 0.295 e. The van der Waals surface area contributed by atoms with Crippen LogP contribution in [-0.4, -0.2) is 27.2 Å². The fraction of sp³-hybridized carbons (Fsp3) is 0.308. The van der Waals surface area contributed by atoms with E-state index in [1.165, 1.54) is 0 Å². The van der Waals surface area contributed by atoms with Crippen LogP contribution < -0.4 is 10.1 Å². The van der Waals surface area contributed by atoms with Crippen molar-refractivity contribution >= 4 is 11.6 Å². The molecule has 2 N–H and O–H groups in total. The summed E-state index contributed by atoms with van der Waals surface area (Å²) in [6, 6.07) is 7.15. The molecule has 0 atom stereocenters. The van der Waals surface area contributed by atoms with Crippen LogP contribution in [0.2, 0.25) is 0 Å². The third-order valence-corrected chi connectivity index (χ3v) is 2.28. The molecular weight excluding hydrogens is 244 g/mol. The molecule has 0 saturated heterocycles. The molecule has 0 saturated carbocycles. The second-order valence-electron chi connectivity index (χ2n) is 4.39. The topological polar surface area (TPSA) is 79.9 Å². The third-order valence-electron chi connectivity index (χ3n) is 2.28. The highest BCUT2D eigenvalue weighted by molar-refractivity contribution is 6.01. The van der Waals surface area contributed by atoms with Gasteiger partial charge in [0.25, 0.3) is 5.91 Å². The van der Waals surface area contributed by atoms with Gasteiger partial charge in [-0.1, -0.05) is 0 Å². The van der Waals surface area contributed by atoms with E-state index in [2.05, 4.69) is 20.5 Å². The van der Waals surface area contributed by atoms with Crippen molar-refractivity contribution in [3.05, 3.63) is 35.9 Å². The van der Waals surface area contributed by atoms with Crippen LogP contribution in [0.4, 0.5) is 5.69 Å². The highest BCUT2D eigenvalue weighted by atomic mass is 16.5. The second kappa shape index (κ2) is 5.51. The first-order valence-electron chi connectivity index (χ1n) is 6.01. The van der Waals surface area contributed by atoms with E-state index in [0.717, 1.165) is 5.75 Å². The van der Waals surface area contributed by atoms with Crippen molar-refractivity contribution in [1.29, 1.82) is 0 Å². The maximum absolute atomic E-state index is 11.8. The van der Waals surface area contributed by atoms with Crippen molar-refractivity contribution in [3.8, 4) is 5.75 Å². The van der Waals surface area contributed by atoms with Crippen LogP contribution in [0.1, 0.15) is 30.3 Å². The molecule has 0 unspecified atom stereocenters. The highest BCUT2D eigenvalue weighted by Gasteiger charge is 2.11. The van der Waals surface area contributed by atoms with E-state index in [1.807, 2.05) is 13.8 Å². The monoisotopic (exact) mass is 260 g/mol. The molecule has 2 rings (SSSR count). The summed E-state index contributed by atoms with van der Waals surface area (Å²) < 4.78 is 5.52. The molecule has 6 nitrogen and oxygen atoms in total. The summed E-state index contributed by atoms with van der Waals surface area (Å²) in [5, 5.41) is 9.13. The normalized spacial score (nSPS) is 10.5. The molecule has 6 heteroatoms. The summed E-state index contributed by atoms with van der Waals surface area (Å²) in [6.07, 6.45) is 0.122. The van der Waals surface area contributed by atoms with E-state index in [9.17, 15) is 4.79 Å². The first kappa shape index (κ1) is 13.1. The van der Waals surface area contributed by atoms with Crippen molar-refractivity contribution in [2.24, 2.45) is 0 Å². The van der Waals surface area contributed by atoms with Crippen LogP contribution in [0, 0.1) is 6.92 Å². The minimum absolute atomic E-state index is 0.122. The van der Waals surface area contributed by atoms with E-state index in [4.69, 9.17) is 4.74 Å². The zero-order valence-electron chi connectivity index (χ0n) is 11.1. The van der Waals surface area contributed by atoms with Gasteiger partial charge in [-0.25, -0.2) is 4.98 Å². The molecule has 0 radical (unpaired) electrons. The van der Waals surface area contributed by atoms with E-state index in [-0.39, 0.29) is 17.8 Å². The Morgan fingerprint density at radius 2 is 2.00 bits per heavy atom. The lowest BCUT2D eigenvalue weighted by molar-refractivity contribution is 0.101. The molecule has 0 aliphatic rings. The molecule has 1 amide bonds. The Balaban J connectivity index is 2.01. The third kappa shape index (κ3) is 3.54. The molecule has 100 valence electrons. The van der Waals surface area contributed by atoms with Gasteiger partial charge in [0.2, 0.25) is 5.82 Å². The summed E-state index contributed by atoms with van der Waals surface area (Å²) in [6.45, 7) is 5.66. The number of ether oxygens (including phenoxy) is 1. The largest absolute Gasteiger partial charge is 0.491 e. The minimum Gasteiger partial charge on any atom is -0.491 e. The molecule has 1 heterocycles. The zero-order chi connectivity index (χ0) is 13.8. The molecule has 19 heavy (non-hydrogen) atoms. The Labute approximate surface area is 111 Å². The van der Waals surface area contributed by atoms with Crippen LogP contribution in [0.3, 0.4) is 0 Å². The Morgan fingerprint density at radius 3 is 2.53 bits per heavy atom. The summed E-state index contributed by atoms with van der Waals surface area (Å²) in [4.78, 5) is 15.8. The van der Waals surface area contributed by atoms with Gasteiger partial charge in [0, 0.05) is 5.69 Å². The Bertz CT molecular complexity index is 560. The fourth-order valence-electron chi connectivity index (χ4n) is 1.52. The number of nitrogens with one attached hydrogen (secondary N) is 2. The van der Waals surface area contributed by atoms with Crippen LogP contribution in [0.5, 0.6) is 5.75 Å². The van der Waals surface area contributed by atoms with Gasteiger partial charge in [0.15, 0.2) is 0 Å². The zero-order valence-corrected chi connectivity index (χ0v) is 11.1. The number of aryl methyl sites for hydroxylation is 1. The molecule has 0 fully saturated rings. The van der Waals surface area contributed by atoms with Gasteiger partial charge in [-0.3, -0.25) is 9.89 Å². The minimum atomic E-state index is -0.345. The van der Waals surface area contributed by atoms with E-state index in [0.29, 0.717) is 11.5 Å². The number of aromatic amines is 1. The van der Waals surface area contributed by atoms with Crippen molar-refractivity contribution < 1.29 is 9.53 Å². The van der Waals surface area contributed by atoms with Crippen molar-refractivity contribution in [3.63, 3.8) is 0 Å². The lowest BCUT2D eigenvalue weighted by Gasteiger charge is -2.10. The quantitative estimate of drug-likeness (QED) is 0.882. The predicted octanol–water partition coefficient (Wildman–Crippen LogP) is 2.15. The number of carbonyl (C=O) groups excluding carboxylic acids is 1. The SMILES string of the molecule is Cc1nc(C(=O)Nc2ccc(OC(C)C)cc2)n[nH]1. The summed E-state index contributed by atoms with van der Waals surface area (Å²) in [7, 11) is 0. The second-order valence-corrected chi connectivity index (χ2v) is 4.39. The van der Waals surface area contributed by atoms with Crippen LogP contribution >= 0.6 is 0 Å². The number of amides is 1. The van der Waals surface area contributed by atoms with Gasteiger partial charge in [0.1, 0.15) is 11.6 Å². The number of hydrogen-bond donors (Lipinski definition) is 2. The molecular formula is C13H16N4O2. The predicted molar refractivity (Wildman–Crippen MR) is 71.3 cm³/mol. The standard InChI is InChI=1S/C13H16N4O2/c1-8(2)19-11-6-4-10(5-7-11)15-13(18)12-14-9(3)16-17-12/h4-8H,1-3H3,(H,15,18)(H,14,16,17). The van der Waals surface area contributed by atoms with Gasteiger partial charge in [-0.2, -0.15) is 0 Å². The van der Waals surface area contributed by atoms with E-state index >= 15 is 0 Å². The number of aromatic nitrogens is 3. The van der Waals surface area contributed by atoms with E-state index < -0.39 is 0 Å². The van der Waals surface area contributed by atoms with Crippen molar-refractivity contribution in [2.45, 2.75) is 26.9 Å². The van der Waals surface area contributed by atoms with Crippen LogP contribution in [-0.2, 0) is 0 Å². The van der Waals surface area contributed by atoms with Gasteiger partial charge >= 0.3 is 0 Å². The molecule has 2 aromatic rings. The number of anilines is 1. The van der Waals surface area contributed by atoms with Gasteiger partial charge in [-0.05, 0) is 45.0 Å². The van der Waals surface area contributed by atoms with Crippen molar-refractivity contribution in [2.75, 3.05) is 5.32 Å². The van der Waals surface area contributed by atoms with Gasteiger partial charge in [0.05, 0.1) is 6.10 Å². The molecule has 1 aromatic heterocycles. The van der Waals surface area contributed by atoms with Crippen LogP contribution in [0.25, 0.3) is 0 Å². The Kier molecular flexibility index (Phi) is 3.79. The first-order valence-corrected chi connectivity index (χ1v) is 6.01.